The maximum Gasteiger partial charge on any atom is 0.160 e. The van der Waals surface area contributed by atoms with Gasteiger partial charge in [-0.05, 0) is 32.4 Å². The van der Waals surface area contributed by atoms with E-state index in [2.05, 4.69) is 34.4 Å². The predicted octanol–water partition coefficient (Wildman–Crippen LogP) is 3.90. The molecule has 6 heteroatoms. The highest BCUT2D eigenvalue weighted by Gasteiger charge is 2.20. The summed E-state index contributed by atoms with van der Waals surface area (Å²) < 4.78 is 2.16. The zero-order chi connectivity index (χ0) is 15.0. The Labute approximate surface area is 132 Å². The lowest BCUT2D eigenvalue weighted by Crippen LogP contribution is -2.11. The van der Waals surface area contributed by atoms with Crippen LogP contribution < -0.4 is 0 Å². The molecule has 0 spiro atoms. The van der Waals surface area contributed by atoms with Crippen LogP contribution in [0.4, 0.5) is 0 Å². The molecule has 0 aromatic carbocycles. The van der Waals surface area contributed by atoms with Gasteiger partial charge in [0.1, 0.15) is 16.3 Å². The van der Waals surface area contributed by atoms with Crippen molar-refractivity contribution in [3.8, 4) is 0 Å². The summed E-state index contributed by atoms with van der Waals surface area (Å²) in [6, 6.07) is 2.18. The first-order valence-corrected chi connectivity index (χ1v) is 8.27. The molecule has 3 aromatic heterocycles. The molecule has 21 heavy (non-hydrogen) atoms. The average molecular weight is 321 g/mol. The van der Waals surface area contributed by atoms with E-state index < -0.39 is 0 Å². The third-order valence-corrected chi connectivity index (χ3v) is 4.71. The molecule has 0 saturated heterocycles. The summed E-state index contributed by atoms with van der Waals surface area (Å²) in [5, 5.41) is 1.07. The molecule has 0 fully saturated rings. The average Bonchev–Trinajstić information content (AvgIpc) is 3.01. The van der Waals surface area contributed by atoms with Crippen LogP contribution in [0.25, 0.3) is 11.2 Å². The lowest BCUT2D eigenvalue weighted by molar-refractivity contribution is 0.615. The molecule has 0 aliphatic rings. The minimum atomic E-state index is 0.113. The third kappa shape index (κ3) is 2.68. The number of nitrogens with zero attached hydrogens (tertiary/aromatic N) is 4. The van der Waals surface area contributed by atoms with E-state index in [9.17, 15) is 0 Å². The van der Waals surface area contributed by atoms with Crippen LogP contribution >= 0.6 is 22.9 Å². The van der Waals surface area contributed by atoms with Crippen LogP contribution in [0.2, 0.25) is 0 Å². The van der Waals surface area contributed by atoms with Gasteiger partial charge >= 0.3 is 0 Å². The van der Waals surface area contributed by atoms with Crippen LogP contribution in [0.15, 0.2) is 18.5 Å². The molecule has 3 heterocycles. The highest BCUT2D eigenvalue weighted by atomic mass is 35.5. The Morgan fingerprint density at radius 2 is 2.10 bits per heavy atom. The van der Waals surface area contributed by atoms with Crippen LogP contribution in [0.5, 0.6) is 0 Å². The van der Waals surface area contributed by atoms with Crippen molar-refractivity contribution < 1.29 is 0 Å². The Kier molecular flexibility index (Phi) is 3.95. The van der Waals surface area contributed by atoms with Gasteiger partial charge in [-0.1, -0.05) is 0 Å². The number of thiazole rings is 1. The van der Waals surface area contributed by atoms with Crippen LogP contribution in [-0.4, -0.2) is 25.4 Å². The second-order valence-electron chi connectivity index (χ2n) is 5.18. The van der Waals surface area contributed by atoms with Gasteiger partial charge in [0.05, 0.1) is 6.04 Å². The van der Waals surface area contributed by atoms with Crippen LogP contribution in [0, 0.1) is 13.8 Å². The van der Waals surface area contributed by atoms with E-state index in [-0.39, 0.29) is 6.04 Å². The van der Waals surface area contributed by atoms with Crippen LogP contribution in [0.3, 0.4) is 0 Å². The molecule has 0 aliphatic carbocycles. The quantitative estimate of drug-likeness (QED) is 0.685. The van der Waals surface area contributed by atoms with Gasteiger partial charge < -0.3 is 4.57 Å². The Hall–Kier alpha value is -1.46. The standard InChI is InChI=1S/C15H17ClN4S/c1-9-6-12-14(17-7-9)20(13(19-12)4-5-16)11(3)15-18-8-10(2)21-15/h6-8,11H,4-5H2,1-3H3. The lowest BCUT2D eigenvalue weighted by atomic mass is 10.3. The predicted molar refractivity (Wildman–Crippen MR) is 87.4 cm³/mol. The molecule has 0 radical (unpaired) electrons. The molecule has 0 saturated carbocycles. The first kappa shape index (κ1) is 14.5. The molecule has 4 nitrogen and oxygen atoms in total. The second kappa shape index (κ2) is 5.73. The highest BCUT2D eigenvalue weighted by molar-refractivity contribution is 7.11. The van der Waals surface area contributed by atoms with Crippen molar-refractivity contribution >= 4 is 34.1 Å². The monoisotopic (exact) mass is 320 g/mol. The minimum Gasteiger partial charge on any atom is -0.303 e. The fourth-order valence-electron chi connectivity index (χ4n) is 2.47. The molecular formula is C15H17ClN4S. The normalized spacial score (nSPS) is 13.0. The Bertz CT molecular complexity index is 777. The van der Waals surface area contributed by atoms with Gasteiger partial charge in [-0.25, -0.2) is 15.0 Å². The summed E-state index contributed by atoms with van der Waals surface area (Å²) in [5.41, 5.74) is 2.94. The lowest BCUT2D eigenvalue weighted by Gasteiger charge is -2.14. The van der Waals surface area contributed by atoms with E-state index >= 15 is 0 Å². The number of alkyl halides is 1. The maximum atomic E-state index is 5.93. The topological polar surface area (TPSA) is 43.6 Å². The van der Waals surface area contributed by atoms with Gasteiger partial charge in [0.2, 0.25) is 0 Å². The summed E-state index contributed by atoms with van der Waals surface area (Å²) in [6.45, 7) is 6.24. The molecular weight excluding hydrogens is 304 g/mol. The SMILES string of the molecule is Cc1cnc2c(c1)nc(CCCl)n2C(C)c1ncc(C)s1. The van der Waals surface area contributed by atoms with Gasteiger partial charge in [-0.3, -0.25) is 0 Å². The van der Waals surface area contributed by atoms with Crippen molar-refractivity contribution in [3.63, 3.8) is 0 Å². The second-order valence-corrected chi connectivity index (χ2v) is 6.82. The summed E-state index contributed by atoms with van der Waals surface area (Å²) in [5.74, 6) is 1.52. The van der Waals surface area contributed by atoms with Crippen LogP contribution in [-0.2, 0) is 6.42 Å². The number of aryl methyl sites for hydroxylation is 3. The van der Waals surface area contributed by atoms with Crippen molar-refractivity contribution in [2.24, 2.45) is 0 Å². The molecule has 0 amide bonds. The molecule has 0 aliphatic heterocycles. The summed E-state index contributed by atoms with van der Waals surface area (Å²) >= 11 is 7.65. The number of hydrogen-bond donors (Lipinski definition) is 0. The Balaban J connectivity index is 2.16. The van der Waals surface area contributed by atoms with E-state index in [4.69, 9.17) is 16.6 Å². The van der Waals surface area contributed by atoms with Crippen molar-refractivity contribution in [2.75, 3.05) is 5.88 Å². The summed E-state index contributed by atoms with van der Waals surface area (Å²) in [6.07, 6.45) is 4.52. The third-order valence-electron chi connectivity index (χ3n) is 3.44. The minimum absolute atomic E-state index is 0.113. The molecule has 3 rings (SSSR count). The van der Waals surface area contributed by atoms with E-state index in [1.54, 1.807) is 11.3 Å². The number of halogens is 1. The maximum absolute atomic E-state index is 5.93. The largest absolute Gasteiger partial charge is 0.303 e. The number of imidazole rings is 1. The molecule has 1 unspecified atom stereocenters. The van der Waals surface area contributed by atoms with Gasteiger partial charge in [-0.15, -0.1) is 22.9 Å². The molecule has 3 aromatic rings. The molecule has 0 N–H and O–H groups in total. The van der Waals surface area contributed by atoms with E-state index in [0.717, 1.165) is 34.0 Å². The van der Waals surface area contributed by atoms with Crippen molar-refractivity contribution in [1.29, 1.82) is 0 Å². The number of rotatable bonds is 4. The number of fused-ring (bicyclic) bond motifs is 1. The number of aromatic nitrogens is 4. The first-order chi connectivity index (χ1) is 10.1. The molecule has 110 valence electrons. The van der Waals surface area contributed by atoms with Gasteiger partial charge in [0.25, 0.3) is 0 Å². The highest BCUT2D eigenvalue weighted by Crippen LogP contribution is 2.28. The van der Waals surface area contributed by atoms with Gasteiger partial charge in [0.15, 0.2) is 5.65 Å². The van der Waals surface area contributed by atoms with E-state index in [1.807, 2.05) is 19.3 Å². The number of pyridine rings is 1. The van der Waals surface area contributed by atoms with E-state index in [0.29, 0.717) is 5.88 Å². The van der Waals surface area contributed by atoms with Crippen LogP contribution in [0.1, 0.15) is 34.2 Å². The fraction of sp³-hybridized carbons (Fsp3) is 0.400. The van der Waals surface area contributed by atoms with Crippen molar-refractivity contribution in [2.45, 2.75) is 33.2 Å². The zero-order valence-corrected chi connectivity index (χ0v) is 13.9. The number of hydrogen-bond acceptors (Lipinski definition) is 4. The van der Waals surface area contributed by atoms with Gasteiger partial charge in [-0.2, -0.15) is 0 Å². The fourth-order valence-corrected chi connectivity index (χ4v) is 3.46. The molecule has 0 bridgehead atoms. The summed E-state index contributed by atoms with van der Waals surface area (Å²) in [4.78, 5) is 15.0. The van der Waals surface area contributed by atoms with Gasteiger partial charge in [0, 0.05) is 29.6 Å². The zero-order valence-electron chi connectivity index (χ0n) is 12.3. The Morgan fingerprint density at radius 3 is 2.76 bits per heavy atom. The van der Waals surface area contributed by atoms with Crippen molar-refractivity contribution in [3.05, 3.63) is 39.7 Å². The van der Waals surface area contributed by atoms with E-state index in [1.165, 1.54) is 4.88 Å². The Morgan fingerprint density at radius 1 is 1.29 bits per heavy atom. The first-order valence-electron chi connectivity index (χ1n) is 6.92. The van der Waals surface area contributed by atoms with Crippen molar-refractivity contribution in [1.82, 2.24) is 19.5 Å². The molecule has 1 atom stereocenters. The smallest absolute Gasteiger partial charge is 0.160 e. The summed E-state index contributed by atoms with van der Waals surface area (Å²) in [7, 11) is 0.